The van der Waals surface area contributed by atoms with Gasteiger partial charge in [-0.1, -0.05) is 97.1 Å². The summed E-state index contributed by atoms with van der Waals surface area (Å²) in [6.07, 6.45) is 0. The van der Waals surface area contributed by atoms with Crippen LogP contribution in [0.3, 0.4) is 0 Å². The minimum atomic E-state index is -0.482. The molecule has 0 fully saturated rings. The van der Waals surface area contributed by atoms with Gasteiger partial charge in [-0.3, -0.25) is 0 Å². The van der Waals surface area contributed by atoms with Crippen molar-refractivity contribution < 1.29 is 23.5 Å². The Kier molecular flexibility index (Phi) is 8.39. The van der Waals surface area contributed by atoms with Crippen LogP contribution in [0, 0.1) is 0 Å². The number of nitrogens with one attached hydrogen (secondary N) is 1. The minimum Gasteiger partial charge on any atom is -0.462 e. The van der Waals surface area contributed by atoms with Crippen molar-refractivity contribution in [3.8, 4) is 22.3 Å². The van der Waals surface area contributed by atoms with Crippen LogP contribution in [-0.2, 0) is 15.0 Å². The average Bonchev–Trinajstić information content (AvgIpc) is 3.51. The molecule has 6 heteroatoms. The molecule has 0 radical (unpaired) electrons. The molecule has 0 saturated carbocycles. The van der Waals surface area contributed by atoms with E-state index in [2.05, 4.69) is 31.3 Å². The Morgan fingerprint density at radius 2 is 1.22 bits per heavy atom. The first kappa shape index (κ1) is 31.7. The van der Waals surface area contributed by atoms with E-state index in [1.54, 1.807) is 26.0 Å². The molecule has 0 atom stereocenters. The predicted molar refractivity (Wildman–Crippen MR) is 197 cm³/mol. The van der Waals surface area contributed by atoms with Gasteiger partial charge < -0.3 is 19.2 Å². The second-order valence-electron chi connectivity index (χ2n) is 12.5. The largest absolute Gasteiger partial charge is 0.462 e. The van der Waals surface area contributed by atoms with Crippen LogP contribution in [-0.4, -0.2) is 25.2 Å². The number of hydrogen-bond acceptors (Lipinski definition) is 6. The molecule has 0 unspecified atom stereocenters. The Labute approximate surface area is 285 Å². The maximum Gasteiger partial charge on any atom is 0.338 e. The molecule has 1 N–H and O–H groups in total. The van der Waals surface area contributed by atoms with E-state index in [1.807, 2.05) is 97.1 Å². The fourth-order valence-electron chi connectivity index (χ4n) is 6.60. The van der Waals surface area contributed by atoms with E-state index in [0.717, 1.165) is 55.1 Å². The van der Waals surface area contributed by atoms with Crippen LogP contribution in [0.2, 0.25) is 0 Å². The number of furan rings is 1. The zero-order valence-corrected chi connectivity index (χ0v) is 28.0. The molecule has 0 amide bonds. The Bertz CT molecular complexity index is 2340. The fraction of sp³-hybridized carbons (Fsp3) is 0.163. The third-order valence-corrected chi connectivity index (χ3v) is 9.00. The second kappa shape index (κ2) is 13.0. The first-order valence-corrected chi connectivity index (χ1v) is 16.6. The van der Waals surface area contributed by atoms with E-state index in [4.69, 9.17) is 13.9 Å². The van der Waals surface area contributed by atoms with E-state index in [-0.39, 0.29) is 13.2 Å². The molecule has 0 aliphatic rings. The SMILES string of the molecule is CCOC(=O)c1cc(-c2cccc3ccccc23)c(C(=O)OCC)cc1-c1ccc(C(C)(C)Nc2cccc3c2oc2ccccc23)cc1. The van der Waals surface area contributed by atoms with Gasteiger partial charge in [-0.05, 0) is 90.6 Å². The number of carbonyl (C=O) groups excluding carboxylic acids is 2. The Morgan fingerprint density at radius 3 is 1.96 bits per heavy atom. The van der Waals surface area contributed by atoms with Gasteiger partial charge in [0.05, 0.1) is 35.6 Å². The molecule has 1 heterocycles. The van der Waals surface area contributed by atoms with Gasteiger partial charge in [-0.25, -0.2) is 9.59 Å². The summed E-state index contributed by atoms with van der Waals surface area (Å²) in [5.74, 6) is -0.914. The van der Waals surface area contributed by atoms with Crippen LogP contribution in [0.1, 0.15) is 54.0 Å². The van der Waals surface area contributed by atoms with Crippen molar-refractivity contribution >= 4 is 50.3 Å². The predicted octanol–water partition coefficient (Wildman–Crippen LogP) is 10.8. The average molecular weight is 648 g/mol. The zero-order valence-electron chi connectivity index (χ0n) is 28.0. The van der Waals surface area contributed by atoms with Gasteiger partial charge in [0, 0.05) is 10.8 Å². The van der Waals surface area contributed by atoms with Gasteiger partial charge >= 0.3 is 11.9 Å². The second-order valence-corrected chi connectivity index (χ2v) is 12.5. The van der Waals surface area contributed by atoms with E-state index in [0.29, 0.717) is 22.3 Å². The molecule has 0 saturated heterocycles. The number of benzene rings is 6. The third-order valence-electron chi connectivity index (χ3n) is 9.00. The summed E-state index contributed by atoms with van der Waals surface area (Å²) in [4.78, 5) is 27.1. The van der Waals surface area contributed by atoms with Gasteiger partial charge in [0.1, 0.15) is 5.58 Å². The van der Waals surface area contributed by atoms with Crippen LogP contribution >= 0.6 is 0 Å². The van der Waals surface area contributed by atoms with Gasteiger partial charge in [0.2, 0.25) is 0 Å². The van der Waals surface area contributed by atoms with Crippen LogP contribution in [0.15, 0.2) is 126 Å². The zero-order chi connectivity index (χ0) is 34.1. The number of ether oxygens (including phenoxy) is 2. The molecule has 6 aromatic carbocycles. The lowest BCUT2D eigenvalue weighted by molar-refractivity contribution is 0.0513. The first-order valence-electron chi connectivity index (χ1n) is 16.6. The molecule has 0 aliphatic carbocycles. The van der Waals surface area contributed by atoms with E-state index >= 15 is 0 Å². The van der Waals surface area contributed by atoms with Gasteiger partial charge in [0.15, 0.2) is 5.58 Å². The van der Waals surface area contributed by atoms with Crippen LogP contribution in [0.25, 0.3) is 55.0 Å². The maximum absolute atomic E-state index is 13.5. The summed E-state index contributed by atoms with van der Waals surface area (Å²) in [6, 6.07) is 39.7. The normalized spacial score (nSPS) is 11.6. The molecule has 0 bridgehead atoms. The lowest BCUT2D eigenvalue weighted by atomic mass is 9.87. The molecule has 7 aromatic rings. The van der Waals surface area contributed by atoms with E-state index in [1.165, 1.54) is 0 Å². The van der Waals surface area contributed by atoms with E-state index in [9.17, 15) is 9.59 Å². The van der Waals surface area contributed by atoms with Gasteiger partial charge in [0.25, 0.3) is 0 Å². The van der Waals surface area contributed by atoms with Gasteiger partial charge in [-0.2, -0.15) is 0 Å². The highest BCUT2D eigenvalue weighted by atomic mass is 16.5. The van der Waals surface area contributed by atoms with Crippen molar-refractivity contribution in [1.29, 1.82) is 0 Å². The Hall–Kier alpha value is -5.88. The Morgan fingerprint density at radius 1 is 0.633 bits per heavy atom. The number of fused-ring (bicyclic) bond motifs is 4. The van der Waals surface area contributed by atoms with E-state index < -0.39 is 17.5 Å². The summed E-state index contributed by atoms with van der Waals surface area (Å²) >= 11 is 0. The number of hydrogen-bond donors (Lipinski definition) is 1. The van der Waals surface area contributed by atoms with Crippen LogP contribution in [0.4, 0.5) is 5.69 Å². The van der Waals surface area contributed by atoms with Gasteiger partial charge in [-0.15, -0.1) is 0 Å². The number of esters is 2. The monoisotopic (exact) mass is 647 g/mol. The van der Waals surface area contributed by atoms with Crippen molar-refractivity contribution in [3.05, 3.63) is 138 Å². The minimum absolute atomic E-state index is 0.221. The summed E-state index contributed by atoms with van der Waals surface area (Å²) in [5, 5.41) is 7.83. The number of para-hydroxylation sites is 2. The third kappa shape index (κ3) is 5.91. The van der Waals surface area contributed by atoms with Crippen molar-refractivity contribution in [2.24, 2.45) is 0 Å². The lowest BCUT2D eigenvalue weighted by Gasteiger charge is -2.28. The quantitative estimate of drug-likeness (QED) is 0.157. The lowest BCUT2D eigenvalue weighted by Crippen LogP contribution is -2.27. The highest BCUT2D eigenvalue weighted by molar-refractivity contribution is 6.10. The first-order chi connectivity index (χ1) is 23.8. The summed E-state index contributed by atoms with van der Waals surface area (Å²) in [5.41, 5.74) is 6.67. The van der Waals surface area contributed by atoms with Crippen molar-refractivity contribution in [2.45, 2.75) is 33.2 Å². The highest BCUT2D eigenvalue weighted by Crippen LogP contribution is 2.39. The maximum atomic E-state index is 13.5. The molecule has 6 nitrogen and oxygen atoms in total. The number of carbonyl (C=O) groups is 2. The Balaban J connectivity index is 1.31. The van der Waals surface area contributed by atoms with Crippen molar-refractivity contribution in [1.82, 2.24) is 0 Å². The van der Waals surface area contributed by atoms with Crippen LogP contribution < -0.4 is 5.32 Å². The smallest absolute Gasteiger partial charge is 0.338 e. The molecule has 7 rings (SSSR count). The summed E-state index contributed by atoms with van der Waals surface area (Å²) < 4.78 is 17.4. The molecule has 0 spiro atoms. The summed E-state index contributed by atoms with van der Waals surface area (Å²) in [6.45, 7) is 8.24. The number of rotatable bonds is 9. The van der Waals surface area contributed by atoms with Crippen molar-refractivity contribution in [2.75, 3.05) is 18.5 Å². The molecule has 49 heavy (non-hydrogen) atoms. The van der Waals surface area contributed by atoms with Crippen molar-refractivity contribution in [3.63, 3.8) is 0 Å². The topological polar surface area (TPSA) is 77.8 Å². The molecular weight excluding hydrogens is 610 g/mol. The standard InChI is InChI=1S/C43H37NO5/c1-5-47-41(45)36-26-35(31-17-11-14-27-13-7-8-15-30(27)31)37(42(46)48-6-2)25-34(36)28-21-23-29(24-22-28)43(3,4)44-38-19-12-18-33-32-16-9-10-20-39(32)49-40(33)38/h7-26,44H,5-6H2,1-4H3. The molecule has 244 valence electrons. The molecular formula is C43H37NO5. The number of anilines is 1. The summed E-state index contributed by atoms with van der Waals surface area (Å²) in [7, 11) is 0. The highest BCUT2D eigenvalue weighted by Gasteiger charge is 2.26. The molecule has 1 aromatic heterocycles. The molecule has 0 aliphatic heterocycles. The fourth-order valence-corrected chi connectivity index (χ4v) is 6.60. The van der Waals surface area contributed by atoms with Crippen LogP contribution in [0.5, 0.6) is 0 Å².